The Balaban J connectivity index is 0.000000354. The van der Waals surface area contributed by atoms with Crippen LogP contribution in [0.5, 0.6) is 0 Å². The number of nitrogens with zero attached hydrogens (tertiary/aromatic N) is 4. The first-order chi connectivity index (χ1) is 19.0. The number of hydrogen-bond acceptors (Lipinski definition) is 5. The van der Waals surface area contributed by atoms with Gasteiger partial charge in [-0.3, -0.25) is 9.59 Å². The quantitative estimate of drug-likeness (QED) is 0.393. The molecule has 2 amide bonds. The molecule has 2 aromatic heterocycles. The lowest BCUT2D eigenvalue weighted by molar-refractivity contribution is -0.133. The zero-order chi connectivity index (χ0) is 29.6. The smallest absolute Gasteiger partial charge is 0.248 e. The fourth-order valence-corrected chi connectivity index (χ4v) is 4.00. The summed E-state index contributed by atoms with van der Waals surface area (Å²) < 4.78 is 51.5. The third-order valence-electron chi connectivity index (χ3n) is 6.21. The molecule has 40 heavy (non-hydrogen) atoms. The Kier molecular flexibility index (Phi) is 13.3. The second-order valence-electron chi connectivity index (χ2n) is 10.1. The number of amides is 2. The van der Waals surface area contributed by atoms with E-state index in [1.165, 1.54) is 23.8 Å². The van der Waals surface area contributed by atoms with Crippen molar-refractivity contribution in [2.75, 3.05) is 0 Å². The minimum Gasteiger partial charge on any atom is -0.352 e. The molecule has 0 spiro atoms. The molecule has 3 fully saturated rings. The second-order valence-corrected chi connectivity index (χ2v) is 10.1. The van der Waals surface area contributed by atoms with Crippen molar-refractivity contribution in [3.63, 3.8) is 0 Å². The van der Waals surface area contributed by atoms with Crippen LogP contribution < -0.4 is 10.6 Å². The predicted octanol–water partition coefficient (Wildman–Crippen LogP) is 6.09. The molecule has 2 aromatic rings. The Hall–Kier alpha value is -3.23. The molecule has 0 saturated heterocycles. The van der Waals surface area contributed by atoms with Gasteiger partial charge in [-0.25, -0.2) is 27.1 Å². The summed E-state index contributed by atoms with van der Waals surface area (Å²) in [5.41, 5.74) is 1.85. The van der Waals surface area contributed by atoms with E-state index in [0.717, 1.165) is 12.0 Å². The molecule has 0 bridgehead atoms. The average Bonchev–Trinajstić information content (AvgIpc) is 3.73. The summed E-state index contributed by atoms with van der Waals surface area (Å²) in [5, 5.41) is 17.9. The Labute approximate surface area is 232 Å². The number of rotatable bonds is 7. The van der Waals surface area contributed by atoms with Gasteiger partial charge in [-0.1, -0.05) is 39.5 Å². The first kappa shape index (κ1) is 33.0. The van der Waals surface area contributed by atoms with Crippen molar-refractivity contribution in [1.29, 1.82) is 5.26 Å². The van der Waals surface area contributed by atoms with Crippen molar-refractivity contribution < 1.29 is 27.2 Å². The molecule has 0 aromatic carbocycles. The fraction of sp³-hybridized carbons (Fsp3) is 0.679. The van der Waals surface area contributed by atoms with E-state index in [-0.39, 0.29) is 69.3 Å². The second kappa shape index (κ2) is 16.1. The van der Waals surface area contributed by atoms with Crippen LogP contribution in [0, 0.1) is 17.2 Å². The maximum absolute atomic E-state index is 12.8. The minimum atomic E-state index is -2.62. The number of aromatic nitrogens is 3. The minimum absolute atomic E-state index is 0.0984. The summed E-state index contributed by atoms with van der Waals surface area (Å²) >= 11 is 0. The maximum atomic E-state index is 12.8. The molecule has 3 saturated carbocycles. The summed E-state index contributed by atoms with van der Waals surface area (Å²) in [6.07, 6.45) is 9.82. The summed E-state index contributed by atoms with van der Waals surface area (Å²) in [5.74, 6) is -5.84. The zero-order valence-corrected chi connectivity index (χ0v) is 23.3. The Morgan fingerprint density at radius 1 is 0.975 bits per heavy atom. The molecular formula is C28H40F4N6O2. The van der Waals surface area contributed by atoms with Crippen molar-refractivity contribution in [2.24, 2.45) is 5.92 Å². The van der Waals surface area contributed by atoms with Crippen LogP contribution in [0.2, 0.25) is 0 Å². The summed E-state index contributed by atoms with van der Waals surface area (Å²) in [6, 6.07) is 3.50. The van der Waals surface area contributed by atoms with Crippen LogP contribution in [0.4, 0.5) is 17.6 Å². The van der Waals surface area contributed by atoms with Crippen molar-refractivity contribution in [3.05, 3.63) is 29.7 Å². The van der Waals surface area contributed by atoms with Gasteiger partial charge in [0.05, 0.1) is 30.7 Å². The van der Waals surface area contributed by atoms with E-state index in [1.54, 1.807) is 24.5 Å². The highest BCUT2D eigenvalue weighted by Gasteiger charge is 2.45. The van der Waals surface area contributed by atoms with Gasteiger partial charge in [-0.05, 0) is 30.4 Å². The van der Waals surface area contributed by atoms with E-state index in [0.29, 0.717) is 24.2 Å². The molecule has 0 radical (unpaired) electrons. The Bertz CT molecular complexity index is 1110. The first-order valence-corrected chi connectivity index (χ1v) is 14.0. The van der Waals surface area contributed by atoms with Gasteiger partial charge in [0.15, 0.2) is 5.65 Å². The molecule has 5 rings (SSSR count). The largest absolute Gasteiger partial charge is 0.352 e. The maximum Gasteiger partial charge on any atom is 0.248 e. The van der Waals surface area contributed by atoms with Crippen LogP contribution in [0.3, 0.4) is 0 Å². The summed E-state index contributed by atoms with van der Waals surface area (Å²) in [6.45, 7) is 4.41. The van der Waals surface area contributed by atoms with Gasteiger partial charge in [-0.15, -0.1) is 0 Å². The van der Waals surface area contributed by atoms with Gasteiger partial charge in [-0.2, -0.15) is 10.4 Å². The third kappa shape index (κ3) is 12.7. The molecule has 3 aliphatic rings. The van der Waals surface area contributed by atoms with Crippen molar-refractivity contribution in [2.45, 2.75) is 116 Å². The molecule has 12 heteroatoms. The van der Waals surface area contributed by atoms with Crippen LogP contribution in [-0.4, -0.2) is 38.3 Å². The number of alkyl halides is 4. The number of carbonyl (C=O) groups excluding carboxylic acids is 2. The molecule has 0 unspecified atom stereocenters. The van der Waals surface area contributed by atoms with Gasteiger partial charge >= 0.3 is 0 Å². The highest BCUT2D eigenvalue weighted by molar-refractivity contribution is 5.78. The highest BCUT2D eigenvalue weighted by Crippen LogP contribution is 2.43. The van der Waals surface area contributed by atoms with E-state index in [2.05, 4.69) is 20.7 Å². The van der Waals surface area contributed by atoms with Gasteiger partial charge in [0.2, 0.25) is 23.7 Å². The Morgan fingerprint density at radius 2 is 1.57 bits per heavy atom. The number of nitriles is 1. The van der Waals surface area contributed by atoms with Gasteiger partial charge < -0.3 is 10.6 Å². The summed E-state index contributed by atoms with van der Waals surface area (Å²) in [4.78, 5) is 27.5. The van der Waals surface area contributed by atoms with Gasteiger partial charge in [0.25, 0.3) is 0 Å². The summed E-state index contributed by atoms with van der Waals surface area (Å²) in [7, 11) is 0. The standard InChI is InChI=1S/C17H18F2N6O2.C6H10F2.C3H6.C2H6/c18-17(19)5-11(6-17)4-16(27)21-7-12-3-14-24-13(10-25(14)23-8-12)9-22-15(26)1-2-20;7-6(8)4-2-1-3-5-6;1-2-3-1;1-2/h3,8,10-11H,1,4-7,9H2,(H,21,27)(H,22,26);1-5H2;1-3H2;1-2H3. The first-order valence-electron chi connectivity index (χ1n) is 14.0. The Morgan fingerprint density at radius 3 is 2.10 bits per heavy atom. The lowest BCUT2D eigenvalue weighted by Gasteiger charge is -2.34. The van der Waals surface area contributed by atoms with E-state index in [1.807, 2.05) is 13.8 Å². The molecule has 0 atom stereocenters. The van der Waals surface area contributed by atoms with Crippen molar-refractivity contribution >= 4 is 17.5 Å². The van der Waals surface area contributed by atoms with Crippen LogP contribution in [-0.2, 0) is 22.7 Å². The topological polar surface area (TPSA) is 112 Å². The van der Waals surface area contributed by atoms with E-state index in [9.17, 15) is 27.2 Å². The molecular weight excluding hydrogens is 528 g/mol. The zero-order valence-electron chi connectivity index (χ0n) is 23.3. The normalized spacial score (nSPS) is 18.1. The number of imidazole rings is 1. The highest BCUT2D eigenvalue weighted by atomic mass is 19.3. The third-order valence-corrected chi connectivity index (χ3v) is 6.21. The molecule has 222 valence electrons. The van der Waals surface area contributed by atoms with Crippen molar-refractivity contribution in [1.82, 2.24) is 25.2 Å². The molecule has 8 nitrogen and oxygen atoms in total. The number of fused-ring (bicyclic) bond motifs is 1. The lowest BCUT2D eigenvalue weighted by Crippen LogP contribution is -2.38. The lowest BCUT2D eigenvalue weighted by atomic mass is 9.79. The number of nitrogens with one attached hydrogen (secondary N) is 2. The van der Waals surface area contributed by atoms with Crippen LogP contribution in [0.1, 0.15) is 102 Å². The monoisotopic (exact) mass is 568 g/mol. The molecule has 2 N–H and O–H groups in total. The number of carbonyl (C=O) groups is 2. The van der Waals surface area contributed by atoms with Crippen LogP contribution >= 0.6 is 0 Å². The molecule has 3 aliphatic carbocycles. The van der Waals surface area contributed by atoms with Gasteiger partial charge in [0, 0.05) is 38.6 Å². The SMILES string of the molecule is C1CC1.CC.FC1(F)CCCCC1.N#CCC(=O)NCc1cn2ncc(CNC(=O)CC3CC(F)(F)C3)cc2n1. The van der Waals surface area contributed by atoms with E-state index >= 15 is 0 Å². The number of halogens is 4. The van der Waals surface area contributed by atoms with Crippen molar-refractivity contribution in [3.8, 4) is 6.07 Å². The van der Waals surface area contributed by atoms with Crippen LogP contribution in [0.15, 0.2) is 18.5 Å². The van der Waals surface area contributed by atoms with Crippen LogP contribution in [0.25, 0.3) is 5.65 Å². The predicted molar refractivity (Wildman–Crippen MR) is 142 cm³/mol. The average molecular weight is 569 g/mol. The fourth-order valence-electron chi connectivity index (χ4n) is 4.00. The van der Waals surface area contributed by atoms with E-state index in [4.69, 9.17) is 5.26 Å². The molecule has 2 heterocycles. The van der Waals surface area contributed by atoms with E-state index < -0.39 is 11.8 Å². The van der Waals surface area contributed by atoms with Gasteiger partial charge in [0.1, 0.15) is 6.42 Å². The number of hydrogen-bond donors (Lipinski definition) is 2. The molecule has 0 aliphatic heterocycles.